The Morgan fingerprint density at radius 2 is 1.68 bits per heavy atom. The summed E-state index contributed by atoms with van der Waals surface area (Å²) in [5.74, 6) is 0.333. The molecule has 6 heteroatoms. The average molecular weight is 272 g/mol. The third kappa shape index (κ3) is 6.13. The highest BCUT2D eigenvalue weighted by Crippen LogP contribution is 2.06. The van der Waals surface area contributed by atoms with Crippen molar-refractivity contribution in [2.24, 2.45) is 0 Å². The summed E-state index contributed by atoms with van der Waals surface area (Å²) in [5.41, 5.74) is 0. The van der Waals surface area contributed by atoms with E-state index in [1.54, 1.807) is 19.1 Å². The van der Waals surface area contributed by atoms with Crippen molar-refractivity contribution in [2.45, 2.75) is 12.8 Å². The van der Waals surface area contributed by atoms with Crippen molar-refractivity contribution in [1.82, 2.24) is 9.80 Å². The maximum absolute atomic E-state index is 12.1. The Labute approximate surface area is 114 Å². The number of carbonyl (C=O) groups is 2. The van der Waals surface area contributed by atoms with Crippen LogP contribution in [0.3, 0.4) is 0 Å². The number of likely N-dealkylation sites (tertiary alicyclic amines) is 1. The summed E-state index contributed by atoms with van der Waals surface area (Å²) < 4.78 is 10.1. The second-order valence-electron chi connectivity index (χ2n) is 4.68. The highest BCUT2D eigenvalue weighted by molar-refractivity contribution is 5.84. The predicted octanol–water partition coefficient (Wildman–Crippen LogP) is -0.227. The molecule has 0 unspecified atom stereocenters. The third-order valence-electron chi connectivity index (χ3n) is 3.26. The SMILES string of the molecule is COCCN(CCOC)CC(=O)N1CCC(=O)CC1. The quantitative estimate of drug-likeness (QED) is 0.611. The van der Waals surface area contributed by atoms with E-state index in [0.717, 1.165) is 0 Å². The fourth-order valence-corrected chi connectivity index (χ4v) is 2.01. The third-order valence-corrected chi connectivity index (χ3v) is 3.26. The molecule has 1 amide bonds. The van der Waals surface area contributed by atoms with Crippen molar-refractivity contribution in [3.63, 3.8) is 0 Å². The van der Waals surface area contributed by atoms with Crippen molar-refractivity contribution in [2.75, 3.05) is 60.2 Å². The van der Waals surface area contributed by atoms with Crippen molar-refractivity contribution in [3.8, 4) is 0 Å². The van der Waals surface area contributed by atoms with Crippen molar-refractivity contribution >= 4 is 11.7 Å². The van der Waals surface area contributed by atoms with Gasteiger partial charge in [-0.2, -0.15) is 0 Å². The standard InChI is InChI=1S/C13H24N2O4/c1-18-9-7-14(8-10-19-2)11-13(17)15-5-3-12(16)4-6-15/h3-11H2,1-2H3. The fourth-order valence-electron chi connectivity index (χ4n) is 2.01. The normalized spacial score (nSPS) is 16.2. The number of ketones is 1. The lowest BCUT2D eigenvalue weighted by molar-refractivity contribution is -0.135. The second-order valence-corrected chi connectivity index (χ2v) is 4.68. The van der Waals surface area contributed by atoms with Crippen LogP contribution in [0.4, 0.5) is 0 Å². The molecule has 0 aromatic carbocycles. The number of amides is 1. The molecule has 1 rings (SSSR count). The Balaban J connectivity index is 2.38. The highest BCUT2D eigenvalue weighted by Gasteiger charge is 2.22. The lowest BCUT2D eigenvalue weighted by Gasteiger charge is -2.29. The summed E-state index contributed by atoms with van der Waals surface area (Å²) in [6.07, 6.45) is 0.976. The molecule has 6 nitrogen and oxygen atoms in total. The summed E-state index contributed by atoms with van der Waals surface area (Å²) in [6, 6.07) is 0. The molecule has 1 heterocycles. The van der Waals surface area contributed by atoms with Gasteiger partial charge >= 0.3 is 0 Å². The molecular formula is C13H24N2O4. The van der Waals surface area contributed by atoms with Crippen LogP contribution >= 0.6 is 0 Å². The zero-order valence-corrected chi connectivity index (χ0v) is 11.9. The largest absolute Gasteiger partial charge is 0.383 e. The Kier molecular flexibility index (Phi) is 7.62. The van der Waals surface area contributed by atoms with Crippen LogP contribution < -0.4 is 0 Å². The van der Waals surface area contributed by atoms with Crippen LogP contribution in [0.25, 0.3) is 0 Å². The van der Waals surface area contributed by atoms with Gasteiger partial charge in [0.05, 0.1) is 19.8 Å². The number of hydrogen-bond donors (Lipinski definition) is 0. The van der Waals surface area contributed by atoms with Crippen LogP contribution in [0, 0.1) is 0 Å². The smallest absolute Gasteiger partial charge is 0.236 e. The number of methoxy groups -OCH3 is 2. The van der Waals surface area contributed by atoms with Gasteiger partial charge in [-0.1, -0.05) is 0 Å². The van der Waals surface area contributed by atoms with Crippen molar-refractivity contribution < 1.29 is 19.1 Å². The lowest BCUT2D eigenvalue weighted by Crippen LogP contribution is -2.45. The van der Waals surface area contributed by atoms with Gasteiger partial charge in [0.2, 0.25) is 5.91 Å². The lowest BCUT2D eigenvalue weighted by atomic mass is 10.1. The van der Waals surface area contributed by atoms with Crippen LogP contribution in [0.5, 0.6) is 0 Å². The van der Waals surface area contributed by atoms with E-state index < -0.39 is 0 Å². The van der Waals surface area contributed by atoms with Gasteiger partial charge in [0.15, 0.2) is 0 Å². The van der Waals surface area contributed by atoms with E-state index in [9.17, 15) is 9.59 Å². The topological polar surface area (TPSA) is 59.1 Å². The molecule has 1 saturated heterocycles. The molecule has 1 fully saturated rings. The first-order valence-corrected chi connectivity index (χ1v) is 6.67. The minimum absolute atomic E-state index is 0.0831. The van der Waals surface area contributed by atoms with E-state index in [-0.39, 0.29) is 11.7 Å². The van der Waals surface area contributed by atoms with Gasteiger partial charge < -0.3 is 14.4 Å². The molecule has 0 atom stereocenters. The molecule has 110 valence electrons. The number of hydrogen-bond acceptors (Lipinski definition) is 5. The van der Waals surface area contributed by atoms with Crippen LogP contribution in [0.15, 0.2) is 0 Å². The Morgan fingerprint density at radius 3 is 2.16 bits per heavy atom. The molecule has 0 saturated carbocycles. The van der Waals surface area contributed by atoms with E-state index in [1.807, 2.05) is 4.90 Å². The first-order chi connectivity index (χ1) is 9.17. The van der Waals surface area contributed by atoms with E-state index >= 15 is 0 Å². The minimum Gasteiger partial charge on any atom is -0.383 e. The maximum atomic E-state index is 12.1. The van der Waals surface area contributed by atoms with Gasteiger partial charge in [0.1, 0.15) is 5.78 Å². The highest BCUT2D eigenvalue weighted by atomic mass is 16.5. The molecule has 0 N–H and O–H groups in total. The summed E-state index contributed by atoms with van der Waals surface area (Å²) >= 11 is 0. The molecule has 0 spiro atoms. The first kappa shape index (κ1) is 16.1. The number of carbonyl (C=O) groups excluding carboxylic acids is 2. The molecule has 0 aliphatic carbocycles. The predicted molar refractivity (Wildman–Crippen MR) is 71.0 cm³/mol. The summed E-state index contributed by atoms with van der Waals surface area (Å²) in [5, 5.41) is 0. The number of Topliss-reactive ketones (excluding diaryl/α,β-unsaturated/α-hetero) is 1. The van der Waals surface area contributed by atoms with E-state index in [1.165, 1.54) is 0 Å². The molecule has 1 aliphatic heterocycles. The first-order valence-electron chi connectivity index (χ1n) is 6.67. The zero-order chi connectivity index (χ0) is 14.1. The minimum atomic E-state index is 0.0831. The number of nitrogens with zero attached hydrogens (tertiary/aromatic N) is 2. The number of piperidine rings is 1. The molecular weight excluding hydrogens is 248 g/mol. The molecule has 0 aromatic rings. The van der Waals surface area contributed by atoms with Crippen LogP contribution in [0.2, 0.25) is 0 Å². The monoisotopic (exact) mass is 272 g/mol. The number of ether oxygens (including phenoxy) is 2. The summed E-state index contributed by atoms with van der Waals surface area (Å²) in [7, 11) is 3.29. The maximum Gasteiger partial charge on any atom is 0.236 e. The summed E-state index contributed by atoms with van der Waals surface area (Å²) in [4.78, 5) is 27.1. The Bertz CT molecular complexity index is 278. The number of rotatable bonds is 8. The Hall–Kier alpha value is -0.980. The van der Waals surface area contributed by atoms with Gasteiger partial charge in [-0.15, -0.1) is 0 Å². The van der Waals surface area contributed by atoms with Gasteiger partial charge in [0, 0.05) is 53.2 Å². The van der Waals surface area contributed by atoms with Gasteiger partial charge in [0.25, 0.3) is 0 Å². The van der Waals surface area contributed by atoms with Gasteiger partial charge in [-0.05, 0) is 0 Å². The van der Waals surface area contributed by atoms with Gasteiger partial charge in [-0.25, -0.2) is 0 Å². The van der Waals surface area contributed by atoms with Crippen molar-refractivity contribution in [1.29, 1.82) is 0 Å². The summed E-state index contributed by atoms with van der Waals surface area (Å²) in [6.45, 7) is 4.07. The Morgan fingerprint density at radius 1 is 1.16 bits per heavy atom. The van der Waals surface area contributed by atoms with Crippen LogP contribution in [-0.4, -0.2) is 81.6 Å². The fraction of sp³-hybridized carbons (Fsp3) is 0.846. The molecule has 0 radical (unpaired) electrons. The van der Waals surface area contributed by atoms with E-state index in [2.05, 4.69) is 0 Å². The van der Waals surface area contributed by atoms with Crippen molar-refractivity contribution in [3.05, 3.63) is 0 Å². The second kappa shape index (κ2) is 9.01. The van der Waals surface area contributed by atoms with Crippen LogP contribution in [-0.2, 0) is 19.1 Å². The van der Waals surface area contributed by atoms with E-state index in [0.29, 0.717) is 58.8 Å². The average Bonchev–Trinajstić information content (AvgIpc) is 2.42. The molecule has 19 heavy (non-hydrogen) atoms. The molecule has 1 aliphatic rings. The molecule has 0 aromatic heterocycles. The zero-order valence-electron chi connectivity index (χ0n) is 11.9. The molecule has 0 bridgehead atoms. The van der Waals surface area contributed by atoms with E-state index in [4.69, 9.17) is 9.47 Å². The van der Waals surface area contributed by atoms with Gasteiger partial charge in [-0.3, -0.25) is 14.5 Å². The van der Waals surface area contributed by atoms with Crippen LogP contribution in [0.1, 0.15) is 12.8 Å².